The second-order valence-electron chi connectivity index (χ2n) is 5.78. The van der Waals surface area contributed by atoms with E-state index in [-0.39, 0.29) is 6.42 Å². The summed E-state index contributed by atoms with van der Waals surface area (Å²) in [6.45, 7) is 1.84. The molecule has 1 aliphatic rings. The van der Waals surface area contributed by atoms with Crippen LogP contribution in [0.25, 0.3) is 17.2 Å². The van der Waals surface area contributed by atoms with Crippen LogP contribution in [-0.4, -0.2) is 11.5 Å². The van der Waals surface area contributed by atoms with E-state index < -0.39 is 16.9 Å². The van der Waals surface area contributed by atoms with Crippen LogP contribution in [-0.2, 0) is 4.79 Å². The van der Waals surface area contributed by atoms with Gasteiger partial charge in [0, 0.05) is 11.3 Å². The van der Waals surface area contributed by atoms with Crippen molar-refractivity contribution in [1.82, 2.24) is 0 Å². The molecule has 3 rings (SSSR count). The molecule has 0 heterocycles. The summed E-state index contributed by atoms with van der Waals surface area (Å²) in [5.41, 5.74) is 4.28. The second-order valence-corrected chi connectivity index (χ2v) is 7.08. The van der Waals surface area contributed by atoms with Gasteiger partial charge in [-0.1, -0.05) is 12.1 Å². The topological polar surface area (TPSA) is 17.1 Å². The Balaban J connectivity index is 2.15. The monoisotopic (exact) mass is 376 g/mol. The van der Waals surface area contributed by atoms with Crippen LogP contribution in [0.4, 0.5) is 8.78 Å². The Hall–Kier alpha value is -1.91. The van der Waals surface area contributed by atoms with Gasteiger partial charge in [0.2, 0.25) is 5.24 Å². The van der Waals surface area contributed by atoms with Gasteiger partial charge >= 0.3 is 0 Å². The summed E-state index contributed by atoms with van der Waals surface area (Å²) in [6, 6.07) is 10.3. The molecule has 2 aromatic rings. The van der Waals surface area contributed by atoms with E-state index in [1.165, 1.54) is 6.07 Å². The van der Waals surface area contributed by atoms with E-state index in [0.29, 0.717) is 16.7 Å². The van der Waals surface area contributed by atoms with Crippen molar-refractivity contribution in [3.63, 3.8) is 0 Å². The highest BCUT2D eigenvalue weighted by Gasteiger charge is 2.26. The third-order valence-corrected chi connectivity index (χ3v) is 5.15. The number of rotatable bonds is 4. The predicted octanol–water partition coefficient (Wildman–Crippen LogP) is 6.17. The van der Waals surface area contributed by atoms with Crippen molar-refractivity contribution < 1.29 is 13.6 Å². The summed E-state index contributed by atoms with van der Waals surface area (Å²) in [6.07, 6.45) is 3.90. The fraction of sp³-hybridized carbons (Fsp3) is 0.150. The Labute approximate surface area is 154 Å². The molecule has 0 amide bonds. The third kappa shape index (κ3) is 3.55. The van der Waals surface area contributed by atoms with Crippen molar-refractivity contribution in [3.05, 3.63) is 70.3 Å². The standard InChI is InChI=1S/C20H15ClF2OS/c1-11-14(7-12-3-5-13(25-2)6-4-12)16-8-18(22)19(23)9-17(16)15(11)10-20(21)24/h3-9H,10H2,1-2H3/b14-7-. The molecule has 0 aliphatic heterocycles. The number of halogens is 3. The molecule has 128 valence electrons. The van der Waals surface area contributed by atoms with E-state index in [1.807, 2.05) is 43.5 Å². The maximum Gasteiger partial charge on any atom is 0.226 e. The molecule has 0 radical (unpaired) electrons. The number of thioether (sulfide) groups is 1. The predicted molar refractivity (Wildman–Crippen MR) is 101 cm³/mol. The van der Waals surface area contributed by atoms with Gasteiger partial charge in [0.15, 0.2) is 11.6 Å². The van der Waals surface area contributed by atoms with Crippen LogP contribution < -0.4 is 0 Å². The molecule has 0 unspecified atom stereocenters. The fourth-order valence-corrected chi connectivity index (χ4v) is 3.55. The quantitative estimate of drug-likeness (QED) is 0.469. The highest BCUT2D eigenvalue weighted by Crippen LogP contribution is 2.44. The number of carbonyl (C=O) groups excluding carboxylic acids is 1. The maximum absolute atomic E-state index is 13.8. The van der Waals surface area contributed by atoms with Gasteiger partial charge in [0.1, 0.15) is 0 Å². The molecule has 0 fully saturated rings. The summed E-state index contributed by atoms with van der Waals surface area (Å²) < 4.78 is 27.5. The molecule has 0 saturated heterocycles. The van der Waals surface area contributed by atoms with Crippen LogP contribution in [0.15, 0.2) is 46.9 Å². The van der Waals surface area contributed by atoms with Crippen molar-refractivity contribution in [2.75, 3.05) is 6.26 Å². The first-order chi connectivity index (χ1) is 11.9. The average Bonchev–Trinajstić information content (AvgIpc) is 2.81. The Morgan fingerprint density at radius 2 is 1.72 bits per heavy atom. The van der Waals surface area contributed by atoms with E-state index in [2.05, 4.69) is 0 Å². The maximum atomic E-state index is 13.8. The summed E-state index contributed by atoms with van der Waals surface area (Å²) in [5, 5.41) is -0.532. The minimum Gasteiger partial charge on any atom is -0.281 e. The van der Waals surface area contributed by atoms with Crippen molar-refractivity contribution in [2.24, 2.45) is 0 Å². The zero-order valence-electron chi connectivity index (χ0n) is 13.7. The molecular weight excluding hydrogens is 362 g/mol. The van der Waals surface area contributed by atoms with Crippen LogP contribution in [0.2, 0.25) is 0 Å². The minimum absolute atomic E-state index is 0.0196. The SMILES string of the molecule is CSc1ccc(/C=C2/C(C)=C(CC(=O)Cl)c3cc(F)c(F)cc32)cc1. The van der Waals surface area contributed by atoms with E-state index in [9.17, 15) is 13.6 Å². The van der Waals surface area contributed by atoms with Gasteiger partial charge in [0.25, 0.3) is 0 Å². The van der Waals surface area contributed by atoms with E-state index in [0.717, 1.165) is 27.7 Å². The largest absolute Gasteiger partial charge is 0.281 e. The smallest absolute Gasteiger partial charge is 0.226 e. The number of hydrogen-bond acceptors (Lipinski definition) is 2. The number of allylic oxidation sites excluding steroid dienone is 3. The Bertz CT molecular complexity index is 914. The van der Waals surface area contributed by atoms with Gasteiger partial charge in [-0.25, -0.2) is 8.78 Å². The molecule has 5 heteroatoms. The second kappa shape index (κ2) is 7.14. The average molecular weight is 377 g/mol. The zero-order valence-corrected chi connectivity index (χ0v) is 15.3. The molecule has 0 atom stereocenters. The Morgan fingerprint density at radius 1 is 1.12 bits per heavy atom. The van der Waals surface area contributed by atoms with Crippen molar-refractivity contribution in [1.29, 1.82) is 0 Å². The van der Waals surface area contributed by atoms with E-state index >= 15 is 0 Å². The summed E-state index contributed by atoms with van der Waals surface area (Å²) in [5.74, 6) is -1.84. The summed E-state index contributed by atoms with van der Waals surface area (Å²) in [7, 11) is 0. The van der Waals surface area contributed by atoms with Gasteiger partial charge in [-0.15, -0.1) is 11.8 Å². The number of fused-ring (bicyclic) bond motifs is 1. The van der Waals surface area contributed by atoms with Gasteiger partial charge < -0.3 is 0 Å². The molecule has 0 spiro atoms. The van der Waals surface area contributed by atoms with E-state index in [1.54, 1.807) is 11.8 Å². The first kappa shape index (κ1) is 17.9. The molecule has 0 saturated carbocycles. The highest BCUT2D eigenvalue weighted by atomic mass is 35.5. The van der Waals surface area contributed by atoms with Crippen LogP contribution in [0.5, 0.6) is 0 Å². The van der Waals surface area contributed by atoms with Gasteiger partial charge in [-0.05, 0) is 88.5 Å². The van der Waals surface area contributed by atoms with Crippen LogP contribution in [0, 0.1) is 11.6 Å². The lowest BCUT2D eigenvalue weighted by molar-refractivity contribution is -0.110. The molecular formula is C20H15ClF2OS. The number of benzene rings is 2. The zero-order chi connectivity index (χ0) is 18.1. The lowest BCUT2D eigenvalue weighted by Crippen LogP contribution is -1.94. The molecule has 0 bridgehead atoms. The number of carbonyl (C=O) groups is 1. The fourth-order valence-electron chi connectivity index (χ4n) is 3.01. The lowest BCUT2D eigenvalue weighted by Gasteiger charge is -2.06. The van der Waals surface area contributed by atoms with E-state index in [4.69, 9.17) is 11.6 Å². The molecule has 25 heavy (non-hydrogen) atoms. The molecule has 0 N–H and O–H groups in total. The van der Waals surface area contributed by atoms with Gasteiger partial charge in [-0.2, -0.15) is 0 Å². The van der Waals surface area contributed by atoms with Crippen molar-refractivity contribution >= 4 is 45.8 Å². The molecule has 1 aliphatic carbocycles. The van der Waals surface area contributed by atoms with Crippen LogP contribution in [0.3, 0.4) is 0 Å². The highest BCUT2D eigenvalue weighted by molar-refractivity contribution is 7.98. The Morgan fingerprint density at radius 3 is 2.28 bits per heavy atom. The van der Waals surface area contributed by atoms with Crippen molar-refractivity contribution in [3.8, 4) is 0 Å². The van der Waals surface area contributed by atoms with Crippen molar-refractivity contribution in [2.45, 2.75) is 18.2 Å². The van der Waals surface area contributed by atoms with Gasteiger partial charge in [0.05, 0.1) is 0 Å². The van der Waals surface area contributed by atoms with Crippen LogP contribution in [0.1, 0.15) is 30.0 Å². The Kier molecular flexibility index (Phi) is 5.11. The molecule has 1 nitrogen and oxygen atoms in total. The summed E-state index contributed by atoms with van der Waals surface area (Å²) in [4.78, 5) is 12.5. The third-order valence-electron chi connectivity index (χ3n) is 4.27. The van der Waals surface area contributed by atoms with Gasteiger partial charge in [-0.3, -0.25) is 4.79 Å². The van der Waals surface area contributed by atoms with Crippen LogP contribution >= 0.6 is 23.4 Å². The first-order valence-electron chi connectivity index (χ1n) is 7.64. The normalized spacial score (nSPS) is 15.0. The molecule has 2 aromatic carbocycles. The first-order valence-corrected chi connectivity index (χ1v) is 9.25. The summed E-state index contributed by atoms with van der Waals surface area (Å²) >= 11 is 7.19. The lowest BCUT2D eigenvalue weighted by atomic mass is 10.0. The molecule has 0 aromatic heterocycles. The number of hydrogen-bond donors (Lipinski definition) is 0. The minimum atomic E-state index is -0.934.